The number of amides is 2. The summed E-state index contributed by atoms with van der Waals surface area (Å²) < 4.78 is 5.77. The predicted molar refractivity (Wildman–Crippen MR) is 99.2 cm³/mol. The van der Waals surface area contributed by atoms with Crippen LogP contribution in [0, 0.1) is 11.8 Å². The van der Waals surface area contributed by atoms with Gasteiger partial charge in [0.05, 0.1) is 0 Å². The molecular formula is C21H22N2O3. The van der Waals surface area contributed by atoms with Crippen LogP contribution in [0.4, 0.5) is 5.69 Å². The topological polar surface area (TPSA) is 58.6 Å². The highest BCUT2D eigenvalue weighted by Gasteiger charge is 2.38. The van der Waals surface area contributed by atoms with Crippen molar-refractivity contribution in [2.75, 3.05) is 18.0 Å². The molecule has 26 heavy (non-hydrogen) atoms. The lowest BCUT2D eigenvalue weighted by Gasteiger charge is -2.17. The molecule has 1 unspecified atom stereocenters. The molecule has 5 nitrogen and oxygen atoms in total. The van der Waals surface area contributed by atoms with Crippen molar-refractivity contribution in [2.45, 2.75) is 19.3 Å². The Hall–Kier alpha value is -2.82. The fourth-order valence-corrected chi connectivity index (χ4v) is 3.19. The van der Waals surface area contributed by atoms with E-state index >= 15 is 0 Å². The molecule has 2 aliphatic rings. The van der Waals surface area contributed by atoms with E-state index in [1.54, 1.807) is 4.90 Å². The average Bonchev–Trinajstić information content (AvgIpc) is 3.42. The highest BCUT2D eigenvalue weighted by Crippen LogP contribution is 2.30. The van der Waals surface area contributed by atoms with Crippen LogP contribution < -0.4 is 15.0 Å². The molecule has 2 aromatic carbocycles. The molecule has 1 aliphatic heterocycles. The quantitative estimate of drug-likeness (QED) is 0.813. The smallest absolute Gasteiger partial charge is 0.239 e. The van der Waals surface area contributed by atoms with E-state index in [9.17, 15) is 9.59 Å². The first-order valence-electron chi connectivity index (χ1n) is 9.13. The molecule has 0 bridgehead atoms. The Balaban J connectivity index is 1.38. The Morgan fingerprint density at radius 1 is 1.00 bits per heavy atom. The minimum Gasteiger partial charge on any atom is -0.457 e. The average molecular weight is 350 g/mol. The number of hydrogen-bond donors (Lipinski definition) is 1. The van der Waals surface area contributed by atoms with Crippen LogP contribution in [-0.2, 0) is 9.59 Å². The number of carbonyl (C=O) groups is 2. The number of hydrogen-bond acceptors (Lipinski definition) is 3. The zero-order chi connectivity index (χ0) is 17.9. The van der Waals surface area contributed by atoms with Crippen molar-refractivity contribution < 1.29 is 14.3 Å². The van der Waals surface area contributed by atoms with E-state index in [0.29, 0.717) is 31.2 Å². The summed E-state index contributed by atoms with van der Waals surface area (Å²) in [4.78, 5) is 26.5. The van der Waals surface area contributed by atoms with Gasteiger partial charge in [0.2, 0.25) is 11.8 Å². The second-order valence-electron chi connectivity index (χ2n) is 6.93. The largest absolute Gasteiger partial charge is 0.457 e. The van der Waals surface area contributed by atoms with E-state index in [1.807, 2.05) is 54.6 Å². The lowest BCUT2D eigenvalue weighted by atomic mass is 10.1. The molecule has 2 aromatic rings. The highest BCUT2D eigenvalue weighted by molar-refractivity contribution is 6.09. The summed E-state index contributed by atoms with van der Waals surface area (Å²) in [5.41, 5.74) is 0.799. The van der Waals surface area contributed by atoms with Gasteiger partial charge >= 0.3 is 0 Å². The third kappa shape index (κ3) is 3.72. The molecule has 2 amide bonds. The van der Waals surface area contributed by atoms with Crippen molar-refractivity contribution in [3.8, 4) is 11.5 Å². The lowest BCUT2D eigenvalue weighted by Crippen LogP contribution is -2.37. The van der Waals surface area contributed by atoms with Gasteiger partial charge in [0.15, 0.2) is 0 Å². The van der Waals surface area contributed by atoms with Gasteiger partial charge in [-0.15, -0.1) is 0 Å². The molecule has 1 saturated heterocycles. The molecule has 1 atom stereocenters. The maximum Gasteiger partial charge on any atom is 0.239 e. The van der Waals surface area contributed by atoms with Crippen molar-refractivity contribution in [3.05, 3.63) is 54.6 Å². The fraction of sp³-hybridized carbons (Fsp3) is 0.333. The van der Waals surface area contributed by atoms with Crippen LogP contribution >= 0.6 is 0 Å². The van der Waals surface area contributed by atoms with Gasteiger partial charge in [0, 0.05) is 18.8 Å². The number of benzene rings is 2. The van der Waals surface area contributed by atoms with E-state index in [0.717, 1.165) is 11.4 Å². The van der Waals surface area contributed by atoms with Gasteiger partial charge in [-0.3, -0.25) is 9.59 Å². The molecule has 4 rings (SSSR count). The molecule has 1 N–H and O–H groups in total. The monoisotopic (exact) mass is 350 g/mol. The minimum absolute atomic E-state index is 0.116. The van der Waals surface area contributed by atoms with E-state index in [2.05, 4.69) is 5.32 Å². The summed E-state index contributed by atoms with van der Waals surface area (Å²) in [6.45, 7) is 1.27. The van der Waals surface area contributed by atoms with Crippen molar-refractivity contribution >= 4 is 17.5 Å². The summed E-state index contributed by atoms with van der Waals surface area (Å²) in [7, 11) is 0. The molecule has 134 valence electrons. The number of anilines is 1. The summed E-state index contributed by atoms with van der Waals surface area (Å²) >= 11 is 0. The fourth-order valence-electron chi connectivity index (χ4n) is 3.19. The van der Waals surface area contributed by atoms with Crippen LogP contribution in [0.15, 0.2) is 54.6 Å². The third-order valence-corrected chi connectivity index (χ3v) is 4.91. The van der Waals surface area contributed by atoms with E-state index in [4.69, 9.17) is 4.74 Å². The summed E-state index contributed by atoms with van der Waals surface area (Å²) in [6.07, 6.45) is 2.93. The van der Waals surface area contributed by atoms with Gasteiger partial charge in [-0.1, -0.05) is 18.2 Å². The van der Waals surface area contributed by atoms with Gasteiger partial charge in [-0.2, -0.15) is 0 Å². The van der Waals surface area contributed by atoms with E-state index < -0.39 is 5.92 Å². The van der Waals surface area contributed by atoms with Crippen LogP contribution in [0.1, 0.15) is 19.3 Å². The molecule has 0 spiro atoms. The van der Waals surface area contributed by atoms with Crippen molar-refractivity contribution in [2.24, 2.45) is 11.8 Å². The van der Waals surface area contributed by atoms with Crippen LogP contribution in [0.2, 0.25) is 0 Å². The predicted octanol–water partition coefficient (Wildman–Crippen LogP) is 3.36. The Morgan fingerprint density at radius 2 is 1.69 bits per heavy atom. The molecule has 0 radical (unpaired) electrons. The number of nitrogens with zero attached hydrogens (tertiary/aromatic N) is 1. The van der Waals surface area contributed by atoms with E-state index in [1.165, 1.54) is 12.8 Å². The second-order valence-corrected chi connectivity index (χ2v) is 6.93. The second kappa shape index (κ2) is 7.20. The standard InChI is InChI=1S/C21H22N2O3/c24-20(22-14-15-6-7-15)19-12-13-23(21(19)25)16-8-10-18(11-9-16)26-17-4-2-1-3-5-17/h1-5,8-11,15,19H,6-7,12-14H2,(H,22,24). The normalized spacial score (nSPS) is 19.5. The molecular weight excluding hydrogens is 328 g/mol. The van der Waals surface area contributed by atoms with Gasteiger partial charge < -0.3 is 15.0 Å². The lowest BCUT2D eigenvalue weighted by molar-refractivity contribution is -0.132. The number of nitrogens with one attached hydrogen (secondary N) is 1. The van der Waals surface area contributed by atoms with Gasteiger partial charge in [-0.25, -0.2) is 0 Å². The molecule has 1 heterocycles. The van der Waals surface area contributed by atoms with Crippen molar-refractivity contribution in [1.29, 1.82) is 0 Å². The molecule has 1 aliphatic carbocycles. The molecule has 2 fully saturated rings. The maximum absolute atomic E-state index is 12.6. The number of para-hydroxylation sites is 1. The third-order valence-electron chi connectivity index (χ3n) is 4.91. The van der Waals surface area contributed by atoms with Gasteiger partial charge in [-0.05, 0) is 61.6 Å². The Morgan fingerprint density at radius 3 is 2.38 bits per heavy atom. The van der Waals surface area contributed by atoms with E-state index in [-0.39, 0.29) is 11.8 Å². The maximum atomic E-state index is 12.6. The summed E-state index contributed by atoms with van der Waals surface area (Å²) in [6, 6.07) is 17.0. The zero-order valence-electron chi connectivity index (χ0n) is 14.6. The first kappa shape index (κ1) is 16.6. The van der Waals surface area contributed by atoms with Crippen molar-refractivity contribution in [3.63, 3.8) is 0 Å². The summed E-state index contributed by atoms with van der Waals surface area (Å²) in [5.74, 6) is 1.29. The van der Waals surface area contributed by atoms with Crippen molar-refractivity contribution in [1.82, 2.24) is 5.32 Å². The first-order valence-corrected chi connectivity index (χ1v) is 9.13. The first-order chi connectivity index (χ1) is 12.7. The zero-order valence-corrected chi connectivity index (χ0v) is 14.6. The van der Waals surface area contributed by atoms with Crippen LogP contribution in [0.3, 0.4) is 0 Å². The molecule has 1 saturated carbocycles. The number of carbonyl (C=O) groups excluding carboxylic acids is 2. The Bertz CT molecular complexity index is 785. The number of ether oxygens (including phenoxy) is 1. The highest BCUT2D eigenvalue weighted by atomic mass is 16.5. The van der Waals surface area contributed by atoms with Crippen LogP contribution in [0.25, 0.3) is 0 Å². The Kier molecular flexibility index (Phi) is 4.61. The molecule has 0 aromatic heterocycles. The van der Waals surface area contributed by atoms with Crippen LogP contribution in [-0.4, -0.2) is 24.9 Å². The Labute approximate surface area is 153 Å². The van der Waals surface area contributed by atoms with Gasteiger partial charge in [0.25, 0.3) is 0 Å². The number of rotatable bonds is 6. The molecule has 5 heteroatoms. The SMILES string of the molecule is O=C(NCC1CC1)C1CCN(c2ccc(Oc3ccccc3)cc2)C1=O. The summed E-state index contributed by atoms with van der Waals surface area (Å²) in [5, 5.41) is 2.92. The minimum atomic E-state index is -0.561. The van der Waals surface area contributed by atoms with Gasteiger partial charge in [0.1, 0.15) is 17.4 Å². The van der Waals surface area contributed by atoms with Crippen LogP contribution in [0.5, 0.6) is 11.5 Å².